The molecule has 5 heteroatoms. The number of hydrogen-bond acceptors (Lipinski definition) is 4. The fourth-order valence-electron chi connectivity index (χ4n) is 1.97. The third-order valence-corrected chi connectivity index (χ3v) is 3.94. The average Bonchev–Trinajstić information content (AvgIpc) is 2.27. The Morgan fingerprint density at radius 3 is 3.00 bits per heavy atom. The summed E-state index contributed by atoms with van der Waals surface area (Å²) in [6.45, 7) is 4.89. The molecule has 1 aliphatic heterocycles. The SMILES string of the molecule is CC(C)(CCN)Nc1ccc2c(c1)NC(=O)CS2. The van der Waals surface area contributed by atoms with E-state index in [9.17, 15) is 4.79 Å². The number of carbonyl (C=O) groups excluding carboxylic acids is 1. The van der Waals surface area contributed by atoms with Gasteiger partial charge in [0, 0.05) is 16.1 Å². The maximum atomic E-state index is 11.4. The molecule has 1 aliphatic rings. The minimum absolute atomic E-state index is 0.0468. The molecule has 1 aromatic carbocycles. The molecule has 0 saturated heterocycles. The maximum absolute atomic E-state index is 11.4. The normalized spacial score (nSPS) is 14.9. The van der Waals surface area contributed by atoms with Crippen LogP contribution >= 0.6 is 11.8 Å². The van der Waals surface area contributed by atoms with E-state index in [1.54, 1.807) is 11.8 Å². The molecule has 1 amide bonds. The highest BCUT2D eigenvalue weighted by Gasteiger charge is 2.19. The Bertz CT molecular complexity index is 460. The van der Waals surface area contributed by atoms with Crippen LogP contribution in [-0.4, -0.2) is 23.7 Å². The molecular weight excluding hydrogens is 246 g/mol. The molecule has 4 N–H and O–H groups in total. The lowest BCUT2D eigenvalue weighted by atomic mass is 10.0. The quantitative estimate of drug-likeness (QED) is 0.781. The van der Waals surface area contributed by atoms with Crippen LogP contribution in [0, 0.1) is 0 Å². The number of nitrogens with one attached hydrogen (secondary N) is 2. The highest BCUT2D eigenvalue weighted by Crippen LogP contribution is 2.34. The fraction of sp³-hybridized carbons (Fsp3) is 0.462. The number of thioether (sulfide) groups is 1. The summed E-state index contributed by atoms with van der Waals surface area (Å²) in [5.74, 6) is 0.559. The second-order valence-corrected chi connectivity index (χ2v) is 6.11. The van der Waals surface area contributed by atoms with Crippen molar-refractivity contribution in [1.29, 1.82) is 0 Å². The van der Waals surface area contributed by atoms with Crippen molar-refractivity contribution < 1.29 is 4.79 Å². The molecule has 0 unspecified atom stereocenters. The van der Waals surface area contributed by atoms with Crippen molar-refractivity contribution in [1.82, 2.24) is 0 Å². The highest BCUT2D eigenvalue weighted by molar-refractivity contribution is 8.00. The number of fused-ring (bicyclic) bond motifs is 1. The van der Waals surface area contributed by atoms with E-state index in [0.29, 0.717) is 12.3 Å². The fourth-order valence-corrected chi connectivity index (χ4v) is 2.76. The summed E-state index contributed by atoms with van der Waals surface area (Å²) < 4.78 is 0. The number of carbonyl (C=O) groups is 1. The molecule has 0 spiro atoms. The van der Waals surface area contributed by atoms with Crippen LogP contribution in [0.1, 0.15) is 20.3 Å². The van der Waals surface area contributed by atoms with E-state index in [-0.39, 0.29) is 11.4 Å². The summed E-state index contributed by atoms with van der Waals surface area (Å²) in [6, 6.07) is 6.07. The van der Waals surface area contributed by atoms with Crippen LogP contribution in [0.3, 0.4) is 0 Å². The summed E-state index contributed by atoms with van der Waals surface area (Å²) in [7, 11) is 0. The first-order chi connectivity index (χ1) is 8.50. The molecule has 1 heterocycles. The smallest absolute Gasteiger partial charge is 0.234 e. The van der Waals surface area contributed by atoms with Crippen molar-refractivity contribution in [3.63, 3.8) is 0 Å². The molecule has 0 fully saturated rings. The Morgan fingerprint density at radius 2 is 2.28 bits per heavy atom. The molecule has 0 aliphatic carbocycles. The van der Waals surface area contributed by atoms with Crippen LogP contribution in [0.5, 0.6) is 0 Å². The summed E-state index contributed by atoms with van der Waals surface area (Å²) >= 11 is 1.57. The minimum Gasteiger partial charge on any atom is -0.380 e. The molecule has 0 saturated carbocycles. The van der Waals surface area contributed by atoms with Crippen molar-refractivity contribution in [2.45, 2.75) is 30.7 Å². The van der Waals surface area contributed by atoms with Crippen molar-refractivity contribution in [2.24, 2.45) is 5.73 Å². The van der Waals surface area contributed by atoms with Gasteiger partial charge in [0.25, 0.3) is 0 Å². The largest absolute Gasteiger partial charge is 0.380 e. The van der Waals surface area contributed by atoms with E-state index in [0.717, 1.165) is 22.7 Å². The van der Waals surface area contributed by atoms with E-state index in [1.165, 1.54) is 0 Å². The van der Waals surface area contributed by atoms with Gasteiger partial charge in [0.05, 0.1) is 11.4 Å². The van der Waals surface area contributed by atoms with E-state index < -0.39 is 0 Å². The molecule has 0 radical (unpaired) electrons. The average molecular weight is 265 g/mol. The van der Waals surface area contributed by atoms with E-state index in [4.69, 9.17) is 5.73 Å². The molecular formula is C13H19N3OS. The van der Waals surface area contributed by atoms with Gasteiger partial charge in [0.2, 0.25) is 5.91 Å². The Labute approximate surface area is 112 Å². The van der Waals surface area contributed by atoms with Crippen LogP contribution in [0.2, 0.25) is 0 Å². The lowest BCUT2D eigenvalue weighted by molar-refractivity contribution is -0.113. The second-order valence-electron chi connectivity index (χ2n) is 5.10. The van der Waals surface area contributed by atoms with Gasteiger partial charge in [-0.25, -0.2) is 0 Å². The third kappa shape index (κ3) is 3.17. The van der Waals surface area contributed by atoms with Gasteiger partial charge >= 0.3 is 0 Å². The summed E-state index contributed by atoms with van der Waals surface area (Å²) in [5, 5.41) is 6.34. The van der Waals surface area contributed by atoms with Crippen molar-refractivity contribution in [3.8, 4) is 0 Å². The Balaban J connectivity index is 2.16. The minimum atomic E-state index is -0.0468. The zero-order chi connectivity index (χ0) is 13.2. The van der Waals surface area contributed by atoms with Gasteiger partial charge in [-0.15, -0.1) is 11.8 Å². The van der Waals surface area contributed by atoms with Gasteiger partial charge in [-0.05, 0) is 45.0 Å². The Hall–Kier alpha value is -1.20. The van der Waals surface area contributed by atoms with Crippen LogP contribution < -0.4 is 16.4 Å². The van der Waals surface area contributed by atoms with Crippen molar-refractivity contribution >= 4 is 29.0 Å². The number of hydrogen-bond donors (Lipinski definition) is 3. The lowest BCUT2D eigenvalue weighted by Gasteiger charge is -2.28. The van der Waals surface area contributed by atoms with Crippen LogP contribution in [0.15, 0.2) is 23.1 Å². The monoisotopic (exact) mass is 265 g/mol. The first-order valence-corrected chi connectivity index (χ1v) is 7.04. The van der Waals surface area contributed by atoms with Gasteiger partial charge in [-0.3, -0.25) is 4.79 Å². The number of benzene rings is 1. The van der Waals surface area contributed by atoms with Gasteiger partial charge in [0.15, 0.2) is 0 Å². The van der Waals surface area contributed by atoms with Gasteiger partial charge in [-0.2, -0.15) is 0 Å². The first-order valence-electron chi connectivity index (χ1n) is 6.05. The highest BCUT2D eigenvalue weighted by atomic mass is 32.2. The summed E-state index contributed by atoms with van der Waals surface area (Å²) in [5.41, 5.74) is 7.45. The lowest BCUT2D eigenvalue weighted by Crippen LogP contribution is -2.33. The molecule has 98 valence electrons. The molecule has 1 aromatic rings. The van der Waals surface area contributed by atoms with Crippen LogP contribution in [-0.2, 0) is 4.79 Å². The number of rotatable bonds is 4. The predicted molar refractivity (Wildman–Crippen MR) is 77.2 cm³/mol. The van der Waals surface area contributed by atoms with E-state index in [2.05, 4.69) is 24.5 Å². The van der Waals surface area contributed by atoms with Crippen molar-refractivity contribution in [2.75, 3.05) is 22.9 Å². The van der Waals surface area contributed by atoms with E-state index >= 15 is 0 Å². The molecule has 4 nitrogen and oxygen atoms in total. The van der Waals surface area contributed by atoms with Gasteiger partial charge in [0.1, 0.15) is 0 Å². The van der Waals surface area contributed by atoms with Gasteiger partial charge < -0.3 is 16.4 Å². The Morgan fingerprint density at radius 1 is 1.50 bits per heavy atom. The standard InChI is InChI=1S/C13H19N3OS/c1-13(2,5-6-14)16-9-3-4-11-10(7-9)15-12(17)8-18-11/h3-4,7,16H,5-6,8,14H2,1-2H3,(H,15,17). The van der Waals surface area contributed by atoms with Crippen molar-refractivity contribution in [3.05, 3.63) is 18.2 Å². The zero-order valence-corrected chi connectivity index (χ0v) is 11.6. The molecule has 0 atom stereocenters. The molecule has 0 bridgehead atoms. The molecule has 2 rings (SSSR count). The molecule has 18 heavy (non-hydrogen) atoms. The zero-order valence-electron chi connectivity index (χ0n) is 10.7. The predicted octanol–water partition coefficient (Wildman–Crippen LogP) is 2.27. The topological polar surface area (TPSA) is 67.2 Å². The number of amides is 1. The summed E-state index contributed by atoms with van der Waals surface area (Å²) in [4.78, 5) is 12.5. The third-order valence-electron chi connectivity index (χ3n) is 2.86. The van der Waals surface area contributed by atoms with Gasteiger partial charge in [-0.1, -0.05) is 0 Å². The summed E-state index contributed by atoms with van der Waals surface area (Å²) in [6.07, 6.45) is 0.894. The second kappa shape index (κ2) is 5.20. The van der Waals surface area contributed by atoms with E-state index in [1.807, 2.05) is 18.2 Å². The number of nitrogens with two attached hydrogens (primary N) is 1. The molecule has 0 aromatic heterocycles. The number of anilines is 2. The van der Waals surface area contributed by atoms with Crippen LogP contribution in [0.25, 0.3) is 0 Å². The first kappa shape index (κ1) is 13.2. The van der Waals surface area contributed by atoms with Crippen LogP contribution in [0.4, 0.5) is 11.4 Å². The maximum Gasteiger partial charge on any atom is 0.234 e. The Kier molecular flexibility index (Phi) is 3.82.